The zero-order valence-electron chi connectivity index (χ0n) is 16.4. The average molecular weight is 457 g/mol. The lowest BCUT2D eigenvalue weighted by Gasteiger charge is -2.43. The van der Waals surface area contributed by atoms with E-state index in [2.05, 4.69) is 15.9 Å². The lowest BCUT2D eigenvalue weighted by Crippen LogP contribution is -2.56. The van der Waals surface area contributed by atoms with Crippen molar-refractivity contribution in [2.45, 2.75) is 18.3 Å². The number of rotatable bonds is 3. The van der Waals surface area contributed by atoms with Gasteiger partial charge in [-0.15, -0.1) is 0 Å². The number of piperazine rings is 1. The second-order valence-corrected chi connectivity index (χ2v) is 8.57. The van der Waals surface area contributed by atoms with Crippen LogP contribution in [0.3, 0.4) is 0 Å². The van der Waals surface area contributed by atoms with E-state index in [1.165, 1.54) is 0 Å². The number of nitrogens with zero attached hydrogens (tertiary/aromatic N) is 2. The van der Waals surface area contributed by atoms with E-state index in [4.69, 9.17) is 4.74 Å². The molecule has 152 valence electrons. The molecule has 2 fully saturated rings. The number of benzene rings is 2. The first-order valence-corrected chi connectivity index (χ1v) is 10.9. The Morgan fingerprint density at radius 2 is 1.41 bits per heavy atom. The first kappa shape index (κ1) is 20.1. The molecule has 0 atom stereocenters. The van der Waals surface area contributed by atoms with Gasteiger partial charge in [-0.05, 0) is 42.7 Å². The van der Waals surface area contributed by atoms with Gasteiger partial charge in [-0.3, -0.25) is 9.59 Å². The summed E-state index contributed by atoms with van der Waals surface area (Å²) < 4.78 is 6.58. The molecule has 2 aliphatic rings. The number of carbonyl (C=O) groups is 2. The molecule has 0 unspecified atom stereocenters. The van der Waals surface area contributed by atoms with Crippen molar-refractivity contribution in [1.82, 2.24) is 9.80 Å². The molecule has 2 aromatic rings. The highest BCUT2D eigenvalue weighted by Crippen LogP contribution is 2.37. The zero-order valence-corrected chi connectivity index (χ0v) is 17.9. The predicted molar refractivity (Wildman–Crippen MR) is 115 cm³/mol. The van der Waals surface area contributed by atoms with Crippen molar-refractivity contribution in [1.29, 1.82) is 0 Å². The van der Waals surface area contributed by atoms with Crippen molar-refractivity contribution in [2.75, 3.05) is 39.4 Å². The highest BCUT2D eigenvalue weighted by atomic mass is 79.9. The second kappa shape index (κ2) is 8.67. The van der Waals surface area contributed by atoms with Crippen LogP contribution in [0.15, 0.2) is 59.1 Å². The summed E-state index contributed by atoms with van der Waals surface area (Å²) in [5.74, 6) is 0.196. The summed E-state index contributed by atoms with van der Waals surface area (Å²) in [6, 6.07) is 17.4. The largest absolute Gasteiger partial charge is 0.381 e. The van der Waals surface area contributed by atoms with Crippen LogP contribution in [0.5, 0.6) is 0 Å². The quantitative estimate of drug-likeness (QED) is 0.710. The molecule has 0 aliphatic carbocycles. The molecular formula is C23H25BrN2O3. The van der Waals surface area contributed by atoms with Crippen LogP contribution in [0.25, 0.3) is 0 Å². The van der Waals surface area contributed by atoms with Gasteiger partial charge in [-0.1, -0.05) is 46.3 Å². The minimum atomic E-state index is -0.537. The van der Waals surface area contributed by atoms with Crippen LogP contribution in [0, 0.1) is 0 Å². The molecule has 2 aliphatic heterocycles. The van der Waals surface area contributed by atoms with Crippen LogP contribution in [0.4, 0.5) is 0 Å². The van der Waals surface area contributed by atoms with Gasteiger partial charge in [0.05, 0.1) is 5.41 Å². The van der Waals surface area contributed by atoms with E-state index < -0.39 is 5.41 Å². The molecule has 2 saturated heterocycles. The van der Waals surface area contributed by atoms with Gasteiger partial charge >= 0.3 is 0 Å². The molecule has 0 spiro atoms. The maximum absolute atomic E-state index is 13.7. The minimum Gasteiger partial charge on any atom is -0.381 e. The molecule has 0 aromatic heterocycles. The lowest BCUT2D eigenvalue weighted by molar-refractivity contribution is -0.142. The van der Waals surface area contributed by atoms with E-state index in [-0.39, 0.29) is 11.8 Å². The van der Waals surface area contributed by atoms with Crippen molar-refractivity contribution in [3.8, 4) is 0 Å². The summed E-state index contributed by atoms with van der Waals surface area (Å²) >= 11 is 3.48. The fourth-order valence-electron chi connectivity index (χ4n) is 4.29. The predicted octanol–water partition coefficient (Wildman–Crippen LogP) is 3.48. The summed E-state index contributed by atoms with van der Waals surface area (Å²) in [4.78, 5) is 30.1. The fraction of sp³-hybridized carbons (Fsp3) is 0.391. The normalized spacial score (nSPS) is 19.1. The third-order valence-electron chi connectivity index (χ3n) is 6.03. The zero-order chi connectivity index (χ0) is 20.3. The molecule has 2 heterocycles. The summed E-state index contributed by atoms with van der Waals surface area (Å²) in [5.41, 5.74) is 1.21. The van der Waals surface area contributed by atoms with Crippen molar-refractivity contribution in [3.63, 3.8) is 0 Å². The molecular weight excluding hydrogens is 432 g/mol. The first-order valence-electron chi connectivity index (χ1n) is 10.1. The number of hydrogen-bond acceptors (Lipinski definition) is 3. The maximum atomic E-state index is 13.7. The van der Waals surface area contributed by atoms with Gasteiger partial charge in [0.2, 0.25) is 5.91 Å². The Bertz CT molecular complexity index is 855. The number of amides is 2. The van der Waals surface area contributed by atoms with Gasteiger partial charge in [0.25, 0.3) is 5.91 Å². The molecule has 6 heteroatoms. The summed E-state index contributed by atoms with van der Waals surface area (Å²) in [6.45, 7) is 3.44. The van der Waals surface area contributed by atoms with Crippen molar-refractivity contribution in [3.05, 3.63) is 70.2 Å². The molecule has 0 radical (unpaired) electrons. The molecule has 0 bridgehead atoms. The summed E-state index contributed by atoms with van der Waals surface area (Å²) in [7, 11) is 0. The second-order valence-electron chi connectivity index (χ2n) is 7.65. The van der Waals surface area contributed by atoms with Gasteiger partial charge in [-0.2, -0.15) is 0 Å². The van der Waals surface area contributed by atoms with Crippen LogP contribution >= 0.6 is 15.9 Å². The lowest BCUT2D eigenvalue weighted by atomic mass is 9.73. The molecule has 0 N–H and O–H groups in total. The van der Waals surface area contributed by atoms with Gasteiger partial charge in [-0.25, -0.2) is 0 Å². The van der Waals surface area contributed by atoms with Gasteiger partial charge in [0.1, 0.15) is 0 Å². The Morgan fingerprint density at radius 3 is 2.03 bits per heavy atom. The summed E-state index contributed by atoms with van der Waals surface area (Å²) in [5, 5.41) is 0. The number of hydrogen-bond donors (Lipinski definition) is 0. The average Bonchev–Trinajstić information content (AvgIpc) is 2.80. The van der Waals surface area contributed by atoms with E-state index in [0.717, 1.165) is 10.0 Å². The van der Waals surface area contributed by atoms with Crippen LogP contribution in [0.2, 0.25) is 0 Å². The molecule has 2 amide bonds. The van der Waals surface area contributed by atoms with Crippen LogP contribution in [-0.2, 0) is 14.9 Å². The standard InChI is InChI=1S/C23H25BrN2O3/c24-20-8-6-19(7-9-20)23(10-16-29-17-11-23)22(28)26-14-12-25(13-15-26)21(27)18-4-2-1-3-5-18/h1-9H,10-17H2. The van der Waals surface area contributed by atoms with Gasteiger partial charge in [0.15, 0.2) is 0 Å². The molecule has 5 nitrogen and oxygen atoms in total. The fourth-order valence-corrected chi connectivity index (χ4v) is 4.56. The van der Waals surface area contributed by atoms with E-state index in [0.29, 0.717) is 57.8 Å². The minimum absolute atomic E-state index is 0.0337. The Kier molecular flexibility index (Phi) is 6.01. The Hall–Kier alpha value is -2.18. The van der Waals surface area contributed by atoms with Crippen LogP contribution in [0.1, 0.15) is 28.8 Å². The van der Waals surface area contributed by atoms with Crippen molar-refractivity contribution >= 4 is 27.7 Å². The SMILES string of the molecule is O=C(c1ccccc1)N1CCN(C(=O)C2(c3ccc(Br)cc3)CCOCC2)CC1. The van der Waals surface area contributed by atoms with E-state index in [9.17, 15) is 9.59 Å². The van der Waals surface area contributed by atoms with E-state index in [1.807, 2.05) is 64.4 Å². The van der Waals surface area contributed by atoms with E-state index in [1.54, 1.807) is 0 Å². The molecule has 4 rings (SSSR count). The Balaban J connectivity index is 1.48. The van der Waals surface area contributed by atoms with Crippen LogP contribution < -0.4 is 0 Å². The highest BCUT2D eigenvalue weighted by molar-refractivity contribution is 9.10. The first-order chi connectivity index (χ1) is 14.1. The number of halogens is 1. The topological polar surface area (TPSA) is 49.9 Å². The van der Waals surface area contributed by atoms with Crippen LogP contribution in [-0.4, -0.2) is 61.0 Å². The third-order valence-corrected chi connectivity index (χ3v) is 6.56. The van der Waals surface area contributed by atoms with Gasteiger partial charge in [0, 0.05) is 49.4 Å². The van der Waals surface area contributed by atoms with Crippen molar-refractivity contribution < 1.29 is 14.3 Å². The molecule has 0 saturated carbocycles. The Labute approximate surface area is 179 Å². The molecule has 29 heavy (non-hydrogen) atoms. The monoisotopic (exact) mass is 456 g/mol. The number of carbonyl (C=O) groups excluding carboxylic acids is 2. The van der Waals surface area contributed by atoms with E-state index >= 15 is 0 Å². The molecule has 2 aromatic carbocycles. The number of ether oxygens (including phenoxy) is 1. The highest BCUT2D eigenvalue weighted by Gasteiger charge is 2.44. The van der Waals surface area contributed by atoms with Crippen molar-refractivity contribution in [2.24, 2.45) is 0 Å². The smallest absolute Gasteiger partial charge is 0.253 e. The maximum Gasteiger partial charge on any atom is 0.253 e. The third kappa shape index (κ3) is 4.09. The Morgan fingerprint density at radius 1 is 0.828 bits per heavy atom. The van der Waals surface area contributed by atoms with Gasteiger partial charge < -0.3 is 14.5 Å². The summed E-state index contributed by atoms with van der Waals surface area (Å²) in [6.07, 6.45) is 1.38.